The molecule has 15 heavy (non-hydrogen) atoms. The van der Waals surface area contributed by atoms with Crippen LogP contribution in [0.25, 0.3) is 0 Å². The van der Waals surface area contributed by atoms with Gasteiger partial charge in [-0.05, 0) is 45.6 Å². The van der Waals surface area contributed by atoms with E-state index in [1.807, 2.05) is 13.8 Å². The summed E-state index contributed by atoms with van der Waals surface area (Å²) in [5.41, 5.74) is 0.418. The van der Waals surface area contributed by atoms with Gasteiger partial charge in [0.05, 0.1) is 5.83 Å². The minimum atomic E-state index is 0.0649. The van der Waals surface area contributed by atoms with Gasteiger partial charge < -0.3 is 5.32 Å². The topological polar surface area (TPSA) is 12.0 Å². The lowest BCUT2D eigenvalue weighted by Gasteiger charge is -2.13. The molecule has 0 radical (unpaired) electrons. The van der Waals surface area contributed by atoms with Crippen molar-refractivity contribution in [3.63, 3.8) is 0 Å². The van der Waals surface area contributed by atoms with Crippen LogP contribution in [0.5, 0.6) is 0 Å². The summed E-state index contributed by atoms with van der Waals surface area (Å²) >= 11 is 0. The third-order valence-corrected chi connectivity index (χ3v) is 3.24. The highest BCUT2D eigenvalue weighted by molar-refractivity contribution is 4.98. The Morgan fingerprint density at radius 2 is 2.20 bits per heavy atom. The molecule has 0 heterocycles. The van der Waals surface area contributed by atoms with E-state index in [0.717, 1.165) is 25.8 Å². The second-order valence-electron chi connectivity index (χ2n) is 5.03. The van der Waals surface area contributed by atoms with E-state index in [2.05, 4.69) is 12.2 Å². The molecular formula is C13H24FN. The maximum atomic E-state index is 13.3. The molecule has 0 aromatic carbocycles. The van der Waals surface area contributed by atoms with Gasteiger partial charge in [0.25, 0.3) is 0 Å². The Bertz CT molecular complexity index is 219. The molecule has 0 bridgehead atoms. The summed E-state index contributed by atoms with van der Waals surface area (Å²) in [5.74, 6) is 0.161. The van der Waals surface area contributed by atoms with Crippen LogP contribution in [0.15, 0.2) is 11.9 Å². The highest BCUT2D eigenvalue weighted by Crippen LogP contribution is 2.34. The number of halogens is 1. The van der Waals surface area contributed by atoms with Crippen molar-refractivity contribution in [2.24, 2.45) is 5.92 Å². The first kappa shape index (κ1) is 12.7. The Labute approximate surface area is 93.1 Å². The molecule has 0 aromatic heterocycles. The Morgan fingerprint density at radius 1 is 1.53 bits per heavy atom. The van der Waals surface area contributed by atoms with E-state index in [1.54, 1.807) is 6.08 Å². The molecule has 1 atom stereocenters. The van der Waals surface area contributed by atoms with Crippen LogP contribution in [0, 0.1) is 5.92 Å². The number of hydrogen-bond acceptors (Lipinski definition) is 1. The van der Waals surface area contributed by atoms with Gasteiger partial charge in [0.1, 0.15) is 0 Å². The lowest BCUT2D eigenvalue weighted by molar-refractivity contribution is 0.435. The summed E-state index contributed by atoms with van der Waals surface area (Å²) in [6, 6.07) is 0. The van der Waals surface area contributed by atoms with E-state index in [4.69, 9.17) is 0 Å². The molecular weight excluding hydrogens is 189 g/mol. The zero-order valence-corrected chi connectivity index (χ0v) is 10.3. The summed E-state index contributed by atoms with van der Waals surface area (Å²) < 4.78 is 13.3. The first-order valence-electron chi connectivity index (χ1n) is 6.18. The van der Waals surface area contributed by atoms with E-state index in [0.29, 0.717) is 5.54 Å². The van der Waals surface area contributed by atoms with Gasteiger partial charge in [-0.2, -0.15) is 0 Å². The normalized spacial score (nSPS) is 21.5. The minimum Gasteiger partial charge on any atom is -0.312 e. The molecule has 0 spiro atoms. The monoisotopic (exact) mass is 213 g/mol. The SMILES string of the molecule is CC/C=C(\F)C(C)CCCNC1(C)CC1. The Balaban J connectivity index is 2.06. The van der Waals surface area contributed by atoms with Gasteiger partial charge in [-0.3, -0.25) is 0 Å². The van der Waals surface area contributed by atoms with Gasteiger partial charge in [-0.25, -0.2) is 4.39 Å². The number of allylic oxidation sites excluding steroid dienone is 2. The fourth-order valence-electron chi connectivity index (χ4n) is 1.70. The third-order valence-electron chi connectivity index (χ3n) is 3.24. The van der Waals surface area contributed by atoms with Gasteiger partial charge >= 0.3 is 0 Å². The van der Waals surface area contributed by atoms with E-state index in [9.17, 15) is 4.39 Å². The molecule has 1 saturated carbocycles. The van der Waals surface area contributed by atoms with Gasteiger partial charge in [-0.15, -0.1) is 0 Å². The summed E-state index contributed by atoms with van der Waals surface area (Å²) in [6.45, 7) is 7.23. The fourth-order valence-corrected chi connectivity index (χ4v) is 1.70. The average molecular weight is 213 g/mol. The van der Waals surface area contributed by atoms with Crippen LogP contribution < -0.4 is 5.32 Å². The molecule has 1 fully saturated rings. The molecule has 1 aliphatic carbocycles. The van der Waals surface area contributed by atoms with Crippen molar-refractivity contribution >= 4 is 0 Å². The molecule has 0 saturated heterocycles. The van der Waals surface area contributed by atoms with Crippen molar-refractivity contribution in [3.05, 3.63) is 11.9 Å². The summed E-state index contributed by atoms with van der Waals surface area (Å²) in [4.78, 5) is 0. The minimum absolute atomic E-state index is 0.0649. The fraction of sp³-hybridized carbons (Fsp3) is 0.846. The second kappa shape index (κ2) is 5.64. The molecule has 1 aliphatic rings. The maximum Gasteiger partial charge on any atom is 0.0987 e. The van der Waals surface area contributed by atoms with Crippen molar-refractivity contribution in [3.8, 4) is 0 Å². The molecule has 0 aromatic rings. The van der Waals surface area contributed by atoms with Crippen LogP contribution in [-0.2, 0) is 0 Å². The Morgan fingerprint density at radius 3 is 2.73 bits per heavy atom. The van der Waals surface area contributed by atoms with Crippen molar-refractivity contribution in [2.45, 2.75) is 58.4 Å². The first-order chi connectivity index (χ1) is 7.07. The van der Waals surface area contributed by atoms with E-state index < -0.39 is 0 Å². The maximum absolute atomic E-state index is 13.3. The lowest BCUT2D eigenvalue weighted by atomic mass is 10.0. The molecule has 1 N–H and O–H groups in total. The van der Waals surface area contributed by atoms with Gasteiger partial charge in [0.15, 0.2) is 0 Å². The van der Waals surface area contributed by atoms with E-state index in [1.165, 1.54) is 12.8 Å². The smallest absolute Gasteiger partial charge is 0.0987 e. The Hall–Kier alpha value is -0.370. The van der Waals surface area contributed by atoms with Crippen LogP contribution in [0.3, 0.4) is 0 Å². The van der Waals surface area contributed by atoms with Gasteiger partial charge in [0.2, 0.25) is 0 Å². The zero-order chi connectivity index (χ0) is 11.3. The first-order valence-corrected chi connectivity index (χ1v) is 6.18. The van der Waals surface area contributed by atoms with Crippen molar-refractivity contribution in [2.75, 3.05) is 6.54 Å². The predicted octanol–water partition coefficient (Wildman–Crippen LogP) is 3.81. The predicted molar refractivity (Wildman–Crippen MR) is 63.5 cm³/mol. The lowest BCUT2D eigenvalue weighted by Crippen LogP contribution is -2.28. The van der Waals surface area contributed by atoms with Crippen LogP contribution in [0.4, 0.5) is 4.39 Å². The zero-order valence-electron chi connectivity index (χ0n) is 10.3. The highest BCUT2D eigenvalue weighted by atomic mass is 19.1. The van der Waals surface area contributed by atoms with E-state index in [-0.39, 0.29) is 11.7 Å². The third kappa shape index (κ3) is 4.78. The van der Waals surface area contributed by atoms with Crippen molar-refractivity contribution in [1.82, 2.24) is 5.32 Å². The number of hydrogen-bond donors (Lipinski definition) is 1. The van der Waals surface area contributed by atoms with Crippen LogP contribution in [0.1, 0.15) is 52.9 Å². The Kier molecular flexibility index (Phi) is 4.78. The molecule has 0 amide bonds. The largest absolute Gasteiger partial charge is 0.312 e. The van der Waals surface area contributed by atoms with Crippen LogP contribution in [-0.4, -0.2) is 12.1 Å². The quantitative estimate of drug-likeness (QED) is 0.634. The van der Waals surface area contributed by atoms with Crippen LogP contribution in [0.2, 0.25) is 0 Å². The van der Waals surface area contributed by atoms with Gasteiger partial charge in [-0.1, -0.05) is 19.9 Å². The molecule has 2 heteroatoms. The number of nitrogens with one attached hydrogen (secondary N) is 1. The molecule has 0 aliphatic heterocycles. The van der Waals surface area contributed by atoms with Crippen molar-refractivity contribution in [1.29, 1.82) is 0 Å². The average Bonchev–Trinajstić information content (AvgIpc) is 2.92. The molecule has 88 valence electrons. The summed E-state index contributed by atoms with van der Waals surface area (Å²) in [6.07, 6.45) is 7.11. The summed E-state index contributed by atoms with van der Waals surface area (Å²) in [7, 11) is 0. The molecule has 1 nitrogen and oxygen atoms in total. The summed E-state index contributed by atoms with van der Waals surface area (Å²) in [5, 5.41) is 3.52. The standard InChI is InChI=1S/C13H24FN/c1-4-6-12(14)11(2)7-5-10-15-13(3)8-9-13/h6,11,15H,4-5,7-10H2,1-3H3/b12-6-. The second-order valence-corrected chi connectivity index (χ2v) is 5.03. The number of rotatable bonds is 7. The van der Waals surface area contributed by atoms with Crippen molar-refractivity contribution < 1.29 is 4.39 Å². The highest BCUT2D eigenvalue weighted by Gasteiger charge is 2.35. The van der Waals surface area contributed by atoms with Crippen LogP contribution >= 0.6 is 0 Å². The van der Waals surface area contributed by atoms with Gasteiger partial charge in [0, 0.05) is 11.5 Å². The molecule has 1 unspecified atom stereocenters. The molecule has 1 rings (SSSR count). The van der Waals surface area contributed by atoms with E-state index >= 15 is 0 Å².